The van der Waals surface area contributed by atoms with E-state index in [-0.39, 0.29) is 29.6 Å². The second-order valence-corrected chi connectivity index (χ2v) is 13.9. The quantitative estimate of drug-likeness (QED) is 0.374. The van der Waals surface area contributed by atoms with Gasteiger partial charge < -0.3 is 34.9 Å². The number of esters is 1. The van der Waals surface area contributed by atoms with E-state index < -0.39 is 59.0 Å². The summed E-state index contributed by atoms with van der Waals surface area (Å²) in [6.45, 7) is 20.9. The first-order chi connectivity index (χ1) is 17.8. The monoisotopic (exact) mass is 555 g/mol. The van der Waals surface area contributed by atoms with Gasteiger partial charge in [-0.25, -0.2) is 0 Å². The molecule has 0 aliphatic carbocycles. The van der Waals surface area contributed by atoms with Gasteiger partial charge in [-0.2, -0.15) is 0 Å². The Morgan fingerprint density at radius 2 is 1.54 bits per heavy atom. The highest BCUT2D eigenvalue weighted by Gasteiger charge is 2.52. The lowest BCUT2D eigenvalue weighted by atomic mass is 9.64. The maximum absolute atomic E-state index is 13.8. The molecule has 39 heavy (non-hydrogen) atoms. The van der Waals surface area contributed by atoms with Gasteiger partial charge in [0.15, 0.2) is 0 Å². The first-order valence-electron chi connectivity index (χ1n) is 14.8. The summed E-state index contributed by atoms with van der Waals surface area (Å²) in [6, 6.07) is 0. The lowest BCUT2D eigenvalue weighted by Crippen LogP contribution is -2.59. The predicted molar refractivity (Wildman–Crippen MR) is 153 cm³/mol. The Labute approximate surface area is 236 Å². The maximum Gasteiger partial charge on any atom is 0.309 e. The van der Waals surface area contributed by atoms with Gasteiger partial charge in [0, 0.05) is 36.5 Å². The van der Waals surface area contributed by atoms with Gasteiger partial charge in [-0.3, -0.25) is 4.79 Å². The van der Waals surface area contributed by atoms with E-state index in [1.165, 1.54) is 0 Å². The molecule has 2 aliphatic rings. The molecule has 2 heterocycles. The van der Waals surface area contributed by atoms with Crippen molar-refractivity contribution in [2.75, 3.05) is 7.11 Å². The number of rotatable bonds is 3. The number of carbonyl (C=O) groups excluding carboxylic acids is 1. The second-order valence-electron chi connectivity index (χ2n) is 13.9. The zero-order valence-corrected chi connectivity index (χ0v) is 26.4. The molecule has 8 heteroatoms. The molecule has 4 N–H and O–H groups in total. The van der Waals surface area contributed by atoms with Crippen LogP contribution in [-0.2, 0) is 19.0 Å². The SMILES string of the molecule is CC[C@H]1OC(=O)[C@H](C)[C@@H](C2C[C@@](C)(OC)[C@@H](O)[C@H](C)O2)[C@H](C)[C@@H](C)[C@](C)(O)C[C@@H](C)C(=N)[C@H](C)[C@@H](O)C1(C)C. The second kappa shape index (κ2) is 12.4. The summed E-state index contributed by atoms with van der Waals surface area (Å²) in [7, 11) is 1.58. The number of carbonyl (C=O) groups is 1. The lowest BCUT2D eigenvalue weighted by Gasteiger charge is -2.50. The molecule has 0 bridgehead atoms. The van der Waals surface area contributed by atoms with E-state index in [0.29, 0.717) is 25.0 Å². The van der Waals surface area contributed by atoms with Crippen LogP contribution >= 0.6 is 0 Å². The van der Waals surface area contributed by atoms with Crippen LogP contribution in [0.1, 0.15) is 95.4 Å². The van der Waals surface area contributed by atoms with Crippen LogP contribution in [-0.4, -0.2) is 75.8 Å². The highest BCUT2D eigenvalue weighted by molar-refractivity contribution is 5.86. The van der Waals surface area contributed by atoms with E-state index in [2.05, 4.69) is 0 Å². The lowest BCUT2D eigenvalue weighted by molar-refractivity contribution is -0.235. The summed E-state index contributed by atoms with van der Waals surface area (Å²) < 4.78 is 18.3. The molecule has 0 spiro atoms. The first kappa shape index (κ1) is 34.1. The van der Waals surface area contributed by atoms with Crippen LogP contribution in [0.4, 0.5) is 0 Å². The van der Waals surface area contributed by atoms with Crippen molar-refractivity contribution < 1.29 is 34.3 Å². The number of methoxy groups -OCH3 is 1. The maximum atomic E-state index is 13.8. The molecule has 2 saturated heterocycles. The molecule has 2 fully saturated rings. The van der Waals surface area contributed by atoms with Gasteiger partial charge in [0.05, 0.1) is 35.4 Å². The topological polar surface area (TPSA) is 129 Å². The van der Waals surface area contributed by atoms with E-state index in [1.54, 1.807) is 14.0 Å². The molecule has 13 atom stereocenters. The fraction of sp³-hybridized carbons (Fsp3) is 0.935. The molecule has 0 aromatic carbocycles. The number of aliphatic hydroxyl groups excluding tert-OH is 2. The average Bonchev–Trinajstić information content (AvgIpc) is 2.87. The van der Waals surface area contributed by atoms with E-state index in [1.807, 2.05) is 69.2 Å². The van der Waals surface area contributed by atoms with Crippen LogP contribution in [0, 0.1) is 46.3 Å². The van der Waals surface area contributed by atoms with Crippen LogP contribution in [0.15, 0.2) is 0 Å². The van der Waals surface area contributed by atoms with E-state index in [0.717, 1.165) is 0 Å². The Balaban J connectivity index is 2.64. The average molecular weight is 556 g/mol. The number of nitrogens with one attached hydrogen (secondary N) is 1. The predicted octanol–water partition coefficient (Wildman–Crippen LogP) is 4.61. The van der Waals surface area contributed by atoms with Crippen molar-refractivity contribution in [1.29, 1.82) is 5.41 Å². The minimum absolute atomic E-state index is 0.170. The highest BCUT2D eigenvalue weighted by Crippen LogP contribution is 2.45. The minimum atomic E-state index is -1.15. The summed E-state index contributed by atoms with van der Waals surface area (Å²) in [4.78, 5) is 13.8. The van der Waals surface area contributed by atoms with Crippen LogP contribution < -0.4 is 0 Å². The van der Waals surface area contributed by atoms with Gasteiger partial charge in [-0.15, -0.1) is 0 Å². The van der Waals surface area contributed by atoms with Crippen molar-refractivity contribution in [3.8, 4) is 0 Å². The van der Waals surface area contributed by atoms with Crippen molar-refractivity contribution in [3.05, 3.63) is 0 Å². The van der Waals surface area contributed by atoms with Gasteiger partial charge in [-0.05, 0) is 51.4 Å². The number of cyclic esters (lactones) is 1. The van der Waals surface area contributed by atoms with E-state index >= 15 is 0 Å². The van der Waals surface area contributed by atoms with Crippen LogP contribution in [0.3, 0.4) is 0 Å². The summed E-state index contributed by atoms with van der Waals surface area (Å²) in [5.74, 6) is -2.44. The third kappa shape index (κ3) is 6.72. The van der Waals surface area contributed by atoms with Crippen molar-refractivity contribution in [1.82, 2.24) is 0 Å². The fourth-order valence-corrected chi connectivity index (χ4v) is 7.40. The molecule has 0 amide bonds. The first-order valence-corrected chi connectivity index (χ1v) is 14.8. The van der Waals surface area contributed by atoms with Gasteiger partial charge >= 0.3 is 5.97 Å². The molecule has 228 valence electrons. The van der Waals surface area contributed by atoms with Gasteiger partial charge in [-0.1, -0.05) is 55.4 Å². The number of aliphatic hydroxyl groups is 3. The fourth-order valence-electron chi connectivity index (χ4n) is 7.40. The summed E-state index contributed by atoms with van der Waals surface area (Å²) in [5, 5.41) is 42.9. The normalized spacial score (nSPS) is 48.7. The van der Waals surface area contributed by atoms with Crippen molar-refractivity contribution in [2.45, 2.75) is 137 Å². The largest absolute Gasteiger partial charge is 0.461 e. The van der Waals surface area contributed by atoms with Gasteiger partial charge in [0.25, 0.3) is 0 Å². The molecule has 0 aromatic rings. The third-order valence-electron chi connectivity index (χ3n) is 10.7. The molecular weight excluding hydrogens is 498 g/mol. The molecular formula is C31H57NO7. The summed E-state index contributed by atoms with van der Waals surface area (Å²) >= 11 is 0. The minimum Gasteiger partial charge on any atom is -0.461 e. The van der Waals surface area contributed by atoms with Crippen molar-refractivity contribution >= 4 is 11.7 Å². The van der Waals surface area contributed by atoms with Crippen molar-refractivity contribution in [3.63, 3.8) is 0 Å². The zero-order chi connectivity index (χ0) is 30.2. The van der Waals surface area contributed by atoms with Crippen LogP contribution in [0.5, 0.6) is 0 Å². The van der Waals surface area contributed by atoms with Crippen LogP contribution in [0.25, 0.3) is 0 Å². The standard InChI is InChI=1S/C31H57NO7/c1-13-23-29(8,9)26(33)19(5)25(32)16(2)14-30(10,36)20(6)17(3)24(18(4)28(35)39-23)22-15-31(11,37-12)27(34)21(7)38-22/h16-24,26-27,32-34,36H,13-15H2,1-12H3/t16-,17-,18-,19+,20-,21+,22?,23-,24+,26-,27+,30-,31-/m1/s1. The molecule has 0 saturated carbocycles. The molecule has 2 aliphatic heterocycles. The van der Waals surface area contributed by atoms with Gasteiger partial charge in [0.2, 0.25) is 0 Å². The van der Waals surface area contributed by atoms with E-state index in [9.17, 15) is 20.1 Å². The molecule has 2 rings (SSSR count). The zero-order valence-electron chi connectivity index (χ0n) is 26.4. The number of hydrogen-bond donors (Lipinski definition) is 4. The Bertz CT molecular complexity index is 860. The van der Waals surface area contributed by atoms with Crippen molar-refractivity contribution in [2.24, 2.45) is 40.9 Å². The Hall–Kier alpha value is -1.06. The number of ether oxygens (including phenoxy) is 3. The van der Waals surface area contributed by atoms with E-state index in [4.69, 9.17) is 19.6 Å². The molecule has 1 unspecified atom stereocenters. The molecule has 0 radical (unpaired) electrons. The Morgan fingerprint density at radius 3 is 2.05 bits per heavy atom. The van der Waals surface area contributed by atoms with Crippen LogP contribution in [0.2, 0.25) is 0 Å². The smallest absolute Gasteiger partial charge is 0.309 e. The summed E-state index contributed by atoms with van der Waals surface area (Å²) in [5.41, 5.74) is -2.42. The third-order valence-corrected chi connectivity index (χ3v) is 10.7. The Kier molecular flexibility index (Phi) is 10.9. The number of hydrogen-bond acceptors (Lipinski definition) is 8. The summed E-state index contributed by atoms with van der Waals surface area (Å²) in [6.07, 6.45) is -1.95. The Morgan fingerprint density at radius 1 is 0.974 bits per heavy atom. The molecule has 0 aromatic heterocycles. The van der Waals surface area contributed by atoms with Gasteiger partial charge in [0.1, 0.15) is 12.2 Å². The highest BCUT2D eigenvalue weighted by atomic mass is 16.6. The molecule has 8 nitrogen and oxygen atoms in total.